The summed E-state index contributed by atoms with van der Waals surface area (Å²) in [5, 5.41) is 0. The molecule has 0 unspecified atom stereocenters. The smallest absolute Gasteiger partial charge is 0.279 e. The van der Waals surface area contributed by atoms with E-state index in [9.17, 15) is 9.59 Å². The van der Waals surface area contributed by atoms with Crippen LogP contribution in [0.2, 0.25) is 0 Å². The highest BCUT2D eigenvalue weighted by molar-refractivity contribution is 6.02. The fourth-order valence-corrected chi connectivity index (χ4v) is 4.72. The van der Waals surface area contributed by atoms with E-state index in [1.54, 1.807) is 4.68 Å². The summed E-state index contributed by atoms with van der Waals surface area (Å²) in [7, 11) is 1.89. The van der Waals surface area contributed by atoms with E-state index < -0.39 is 5.91 Å². The number of primary amides is 1. The Balaban J connectivity index is 2.33. The fraction of sp³-hybridized carbons (Fsp3) is 0.481. The van der Waals surface area contributed by atoms with Gasteiger partial charge in [0.1, 0.15) is 0 Å². The van der Waals surface area contributed by atoms with Crippen molar-refractivity contribution in [3.05, 3.63) is 63.3 Å². The van der Waals surface area contributed by atoms with Gasteiger partial charge in [-0.25, -0.2) is 4.68 Å². The van der Waals surface area contributed by atoms with E-state index in [2.05, 4.69) is 25.3 Å². The SMILES string of the molecule is CCCCCc1c(-c2c(C)n(C)n(-c3ccccc3)c2=O)c(C(N)=O)c(C)n1CCC(C)C. The van der Waals surface area contributed by atoms with E-state index in [0.717, 1.165) is 67.0 Å². The van der Waals surface area contributed by atoms with Crippen molar-refractivity contribution >= 4 is 5.91 Å². The summed E-state index contributed by atoms with van der Waals surface area (Å²) >= 11 is 0. The van der Waals surface area contributed by atoms with Gasteiger partial charge in [-0.1, -0.05) is 51.8 Å². The van der Waals surface area contributed by atoms with E-state index in [4.69, 9.17) is 5.73 Å². The molecule has 0 aliphatic rings. The summed E-state index contributed by atoms with van der Waals surface area (Å²) in [6.07, 6.45) is 5.02. The number of hydrogen-bond acceptors (Lipinski definition) is 2. The van der Waals surface area contributed by atoms with Crippen molar-refractivity contribution in [3.8, 4) is 16.8 Å². The van der Waals surface area contributed by atoms with Crippen molar-refractivity contribution in [3.63, 3.8) is 0 Å². The zero-order chi connectivity index (χ0) is 24.3. The minimum Gasteiger partial charge on any atom is -0.366 e. The fourth-order valence-electron chi connectivity index (χ4n) is 4.72. The lowest BCUT2D eigenvalue weighted by atomic mass is 9.97. The van der Waals surface area contributed by atoms with Crippen LogP contribution in [-0.4, -0.2) is 19.8 Å². The molecule has 0 atom stereocenters. The monoisotopic (exact) mass is 450 g/mol. The molecule has 33 heavy (non-hydrogen) atoms. The molecule has 2 aromatic heterocycles. The van der Waals surface area contributed by atoms with Crippen molar-refractivity contribution in [2.75, 3.05) is 0 Å². The van der Waals surface area contributed by atoms with Gasteiger partial charge in [0.15, 0.2) is 0 Å². The first-order valence-corrected chi connectivity index (χ1v) is 12.1. The summed E-state index contributed by atoms with van der Waals surface area (Å²) in [4.78, 5) is 26.6. The Morgan fingerprint density at radius 2 is 1.70 bits per heavy atom. The third-order valence-electron chi connectivity index (χ3n) is 6.63. The number of carbonyl (C=O) groups is 1. The van der Waals surface area contributed by atoms with Gasteiger partial charge >= 0.3 is 0 Å². The molecule has 178 valence electrons. The average molecular weight is 451 g/mol. The average Bonchev–Trinajstić information content (AvgIpc) is 3.16. The van der Waals surface area contributed by atoms with Crippen LogP contribution in [0, 0.1) is 19.8 Å². The Morgan fingerprint density at radius 3 is 2.27 bits per heavy atom. The van der Waals surface area contributed by atoms with Crippen LogP contribution in [0.5, 0.6) is 0 Å². The summed E-state index contributed by atoms with van der Waals surface area (Å²) in [6.45, 7) is 11.3. The normalized spacial score (nSPS) is 11.5. The Morgan fingerprint density at radius 1 is 1.03 bits per heavy atom. The largest absolute Gasteiger partial charge is 0.366 e. The van der Waals surface area contributed by atoms with Gasteiger partial charge in [-0.3, -0.25) is 14.3 Å². The zero-order valence-corrected chi connectivity index (χ0v) is 20.9. The first kappa shape index (κ1) is 24.6. The lowest BCUT2D eigenvalue weighted by Gasteiger charge is -2.14. The minimum atomic E-state index is -0.476. The molecule has 0 fully saturated rings. The number of para-hydroxylation sites is 1. The molecule has 1 aromatic carbocycles. The van der Waals surface area contributed by atoms with Crippen molar-refractivity contribution in [1.82, 2.24) is 13.9 Å². The number of unbranched alkanes of at least 4 members (excludes halogenated alkanes) is 2. The van der Waals surface area contributed by atoms with Crippen LogP contribution in [0.1, 0.15) is 73.9 Å². The van der Waals surface area contributed by atoms with Crippen molar-refractivity contribution < 1.29 is 4.79 Å². The number of benzene rings is 1. The molecule has 6 nitrogen and oxygen atoms in total. The lowest BCUT2D eigenvalue weighted by Crippen LogP contribution is -2.21. The third kappa shape index (κ3) is 4.70. The summed E-state index contributed by atoms with van der Waals surface area (Å²) in [6, 6.07) is 9.60. The quantitative estimate of drug-likeness (QED) is 0.434. The second-order valence-electron chi connectivity index (χ2n) is 9.37. The first-order valence-electron chi connectivity index (χ1n) is 12.1. The number of nitrogens with two attached hydrogens (primary N) is 1. The van der Waals surface area contributed by atoms with Gasteiger partial charge < -0.3 is 10.3 Å². The van der Waals surface area contributed by atoms with E-state index in [-0.39, 0.29) is 5.56 Å². The zero-order valence-electron chi connectivity index (χ0n) is 20.9. The topological polar surface area (TPSA) is 75.0 Å². The van der Waals surface area contributed by atoms with Crippen molar-refractivity contribution in [1.29, 1.82) is 0 Å². The van der Waals surface area contributed by atoms with Crippen LogP contribution in [-0.2, 0) is 20.0 Å². The Kier molecular flexibility index (Phi) is 7.67. The Hall–Kier alpha value is -3.02. The van der Waals surface area contributed by atoms with Gasteiger partial charge in [-0.2, -0.15) is 0 Å². The number of hydrogen-bond donors (Lipinski definition) is 1. The molecule has 1 amide bonds. The second kappa shape index (κ2) is 10.3. The summed E-state index contributed by atoms with van der Waals surface area (Å²) < 4.78 is 5.78. The minimum absolute atomic E-state index is 0.124. The van der Waals surface area contributed by atoms with Gasteiger partial charge in [-0.15, -0.1) is 0 Å². The van der Waals surface area contributed by atoms with Gasteiger partial charge in [0.2, 0.25) is 0 Å². The van der Waals surface area contributed by atoms with Crippen molar-refractivity contribution in [2.24, 2.45) is 18.7 Å². The maximum absolute atomic E-state index is 13.8. The first-order chi connectivity index (χ1) is 15.7. The van der Waals surface area contributed by atoms with Gasteiger partial charge in [0, 0.05) is 36.2 Å². The maximum atomic E-state index is 13.8. The van der Waals surface area contributed by atoms with Crippen LogP contribution in [0.4, 0.5) is 0 Å². The predicted molar refractivity (Wildman–Crippen MR) is 135 cm³/mol. The standard InChI is InChI=1S/C27H38N4O2/c1-7-8-10-15-22-25(23(26(28)32)20(5)30(22)17-16-18(2)3)24-19(4)29(6)31(27(24)33)21-13-11-9-12-14-21/h9,11-14,18H,7-8,10,15-17H2,1-6H3,(H2,28,32). The van der Waals surface area contributed by atoms with Crippen LogP contribution in [0.25, 0.3) is 16.8 Å². The van der Waals surface area contributed by atoms with Crippen molar-refractivity contribution in [2.45, 2.75) is 73.3 Å². The van der Waals surface area contributed by atoms with Crippen LogP contribution < -0.4 is 11.3 Å². The molecule has 0 aliphatic heterocycles. The van der Waals surface area contributed by atoms with Crippen LogP contribution in [0.15, 0.2) is 35.1 Å². The summed E-state index contributed by atoms with van der Waals surface area (Å²) in [5.41, 5.74) is 11.1. The number of amides is 1. The molecule has 0 spiro atoms. The van der Waals surface area contributed by atoms with Gasteiger partial charge in [0.05, 0.1) is 16.8 Å². The molecular weight excluding hydrogens is 412 g/mol. The maximum Gasteiger partial charge on any atom is 0.279 e. The number of carbonyl (C=O) groups excluding carboxylic acids is 1. The molecule has 0 saturated heterocycles. The van der Waals surface area contributed by atoms with Crippen LogP contribution >= 0.6 is 0 Å². The second-order valence-corrected chi connectivity index (χ2v) is 9.37. The predicted octanol–water partition coefficient (Wildman–Crippen LogP) is 5.14. The van der Waals surface area contributed by atoms with E-state index in [1.807, 2.05) is 55.9 Å². The number of rotatable bonds is 10. The molecule has 0 radical (unpaired) electrons. The van der Waals surface area contributed by atoms with Gasteiger partial charge in [-0.05, 0) is 51.2 Å². The van der Waals surface area contributed by atoms with E-state index in [1.165, 1.54) is 0 Å². The molecule has 3 aromatic rings. The highest BCUT2D eigenvalue weighted by Gasteiger charge is 2.29. The van der Waals surface area contributed by atoms with Gasteiger partial charge in [0.25, 0.3) is 11.5 Å². The molecule has 0 saturated carbocycles. The van der Waals surface area contributed by atoms with Crippen LogP contribution in [0.3, 0.4) is 0 Å². The Bertz CT molecular complexity index is 1180. The molecule has 2 heterocycles. The molecular formula is C27H38N4O2. The highest BCUT2D eigenvalue weighted by Crippen LogP contribution is 2.35. The van der Waals surface area contributed by atoms with E-state index in [0.29, 0.717) is 17.0 Å². The lowest BCUT2D eigenvalue weighted by molar-refractivity contribution is 0.1000. The molecule has 6 heteroatoms. The number of aromatic nitrogens is 3. The summed E-state index contributed by atoms with van der Waals surface area (Å²) in [5.74, 6) is 0.0565. The Labute approximate surface area is 197 Å². The number of nitrogens with zero attached hydrogens (tertiary/aromatic N) is 3. The molecule has 0 bridgehead atoms. The molecule has 2 N–H and O–H groups in total. The highest BCUT2D eigenvalue weighted by atomic mass is 16.1. The molecule has 3 rings (SSSR count). The van der Waals surface area contributed by atoms with E-state index >= 15 is 0 Å². The third-order valence-corrected chi connectivity index (χ3v) is 6.63. The molecule has 0 aliphatic carbocycles.